The summed E-state index contributed by atoms with van der Waals surface area (Å²) in [7, 11) is 0. The van der Waals surface area contributed by atoms with Crippen LogP contribution in [-0.4, -0.2) is 35.5 Å². The number of anilines is 2. The Morgan fingerprint density at radius 1 is 1.58 bits per heavy atom. The lowest BCUT2D eigenvalue weighted by Crippen LogP contribution is -2.41. The molecule has 2 heterocycles. The first kappa shape index (κ1) is 13.6. The van der Waals surface area contributed by atoms with Crippen molar-refractivity contribution in [2.75, 3.05) is 29.9 Å². The molecule has 0 saturated carbocycles. The van der Waals surface area contributed by atoms with E-state index in [-0.39, 0.29) is 11.8 Å². The molecule has 1 aliphatic heterocycles. The second-order valence-electron chi connectivity index (χ2n) is 4.88. The quantitative estimate of drug-likeness (QED) is 0.828. The molecule has 1 aliphatic rings. The van der Waals surface area contributed by atoms with E-state index in [1.54, 1.807) is 6.33 Å². The van der Waals surface area contributed by atoms with Gasteiger partial charge in [0, 0.05) is 25.7 Å². The Kier molecular flexibility index (Phi) is 4.54. The maximum atomic E-state index is 11.3. The lowest BCUT2D eigenvalue weighted by Gasteiger charge is -2.32. The number of rotatable bonds is 5. The molecule has 0 spiro atoms. The Balaban J connectivity index is 2.06. The highest BCUT2D eigenvalue weighted by Crippen LogP contribution is 2.22. The Morgan fingerprint density at radius 3 is 3.16 bits per heavy atom. The molecule has 1 aromatic heterocycles. The van der Waals surface area contributed by atoms with Crippen molar-refractivity contribution < 1.29 is 4.79 Å². The number of hydrogen-bond donors (Lipinski definition) is 2. The van der Waals surface area contributed by atoms with Crippen LogP contribution in [0.25, 0.3) is 0 Å². The van der Waals surface area contributed by atoms with Gasteiger partial charge in [-0.1, -0.05) is 6.92 Å². The molecule has 1 atom stereocenters. The van der Waals surface area contributed by atoms with Crippen LogP contribution in [-0.2, 0) is 4.79 Å². The minimum atomic E-state index is -0.219. The zero-order chi connectivity index (χ0) is 13.7. The Hall–Kier alpha value is -1.85. The molecule has 6 nitrogen and oxygen atoms in total. The van der Waals surface area contributed by atoms with Gasteiger partial charge in [0.15, 0.2) is 0 Å². The number of nitrogens with two attached hydrogens (primary N) is 1. The van der Waals surface area contributed by atoms with Gasteiger partial charge < -0.3 is 16.0 Å². The fourth-order valence-corrected chi connectivity index (χ4v) is 2.29. The van der Waals surface area contributed by atoms with Crippen molar-refractivity contribution in [1.82, 2.24) is 9.97 Å². The van der Waals surface area contributed by atoms with Crippen LogP contribution in [0.1, 0.15) is 26.2 Å². The van der Waals surface area contributed by atoms with Gasteiger partial charge in [-0.05, 0) is 19.3 Å². The summed E-state index contributed by atoms with van der Waals surface area (Å²) in [4.78, 5) is 21.9. The highest BCUT2D eigenvalue weighted by atomic mass is 16.1. The molecule has 0 aliphatic carbocycles. The molecule has 1 unspecified atom stereocenters. The van der Waals surface area contributed by atoms with Crippen LogP contribution in [0.15, 0.2) is 12.4 Å². The van der Waals surface area contributed by atoms with Crippen LogP contribution >= 0.6 is 0 Å². The normalized spacial score (nSPS) is 19.2. The van der Waals surface area contributed by atoms with Crippen LogP contribution in [0.4, 0.5) is 11.6 Å². The van der Waals surface area contributed by atoms with Gasteiger partial charge in [0.25, 0.3) is 0 Å². The minimum Gasteiger partial charge on any atom is -0.370 e. The largest absolute Gasteiger partial charge is 0.370 e. The van der Waals surface area contributed by atoms with Crippen LogP contribution in [0, 0.1) is 5.92 Å². The number of amides is 1. The third-order valence-corrected chi connectivity index (χ3v) is 3.36. The van der Waals surface area contributed by atoms with Crippen LogP contribution < -0.4 is 16.0 Å². The number of aromatic nitrogens is 2. The number of primary amides is 1. The topological polar surface area (TPSA) is 84.1 Å². The average molecular weight is 263 g/mol. The molecule has 1 fully saturated rings. The third kappa shape index (κ3) is 3.56. The van der Waals surface area contributed by atoms with Gasteiger partial charge in [-0.15, -0.1) is 0 Å². The van der Waals surface area contributed by atoms with E-state index in [1.165, 1.54) is 0 Å². The molecule has 0 radical (unpaired) electrons. The first-order valence-corrected chi connectivity index (χ1v) is 6.81. The minimum absolute atomic E-state index is 0.0734. The van der Waals surface area contributed by atoms with Crippen molar-refractivity contribution in [2.24, 2.45) is 11.7 Å². The molecule has 0 bridgehead atoms. The fourth-order valence-electron chi connectivity index (χ4n) is 2.29. The molecule has 104 valence electrons. The number of hydrogen-bond acceptors (Lipinski definition) is 5. The van der Waals surface area contributed by atoms with Crippen molar-refractivity contribution in [3.05, 3.63) is 12.4 Å². The van der Waals surface area contributed by atoms with E-state index in [4.69, 9.17) is 5.73 Å². The summed E-state index contributed by atoms with van der Waals surface area (Å²) in [6.45, 7) is 4.56. The van der Waals surface area contributed by atoms with Gasteiger partial charge in [0.05, 0.1) is 5.92 Å². The Bertz CT molecular complexity index is 437. The van der Waals surface area contributed by atoms with Crippen molar-refractivity contribution in [2.45, 2.75) is 26.2 Å². The lowest BCUT2D eigenvalue weighted by atomic mass is 9.97. The van der Waals surface area contributed by atoms with E-state index in [1.807, 2.05) is 6.07 Å². The smallest absolute Gasteiger partial charge is 0.222 e. The summed E-state index contributed by atoms with van der Waals surface area (Å²) in [5, 5.41) is 3.24. The van der Waals surface area contributed by atoms with Crippen LogP contribution in [0.2, 0.25) is 0 Å². The molecule has 19 heavy (non-hydrogen) atoms. The van der Waals surface area contributed by atoms with Gasteiger partial charge in [0.1, 0.15) is 18.0 Å². The molecular weight excluding hydrogens is 242 g/mol. The van der Waals surface area contributed by atoms with E-state index >= 15 is 0 Å². The summed E-state index contributed by atoms with van der Waals surface area (Å²) in [6.07, 6.45) is 4.45. The first-order chi connectivity index (χ1) is 9.20. The zero-order valence-corrected chi connectivity index (χ0v) is 11.3. The first-order valence-electron chi connectivity index (χ1n) is 6.81. The highest BCUT2D eigenvalue weighted by Gasteiger charge is 2.24. The maximum absolute atomic E-state index is 11.3. The van der Waals surface area contributed by atoms with E-state index in [0.29, 0.717) is 6.54 Å². The van der Waals surface area contributed by atoms with Gasteiger partial charge in [0.2, 0.25) is 5.91 Å². The Morgan fingerprint density at radius 2 is 2.42 bits per heavy atom. The van der Waals surface area contributed by atoms with Crippen LogP contribution in [0.5, 0.6) is 0 Å². The average Bonchev–Trinajstić information content (AvgIpc) is 2.45. The number of piperidine rings is 1. The van der Waals surface area contributed by atoms with Gasteiger partial charge in [-0.25, -0.2) is 9.97 Å². The molecule has 3 N–H and O–H groups in total. The standard InChI is InChI=1S/C13H21N5O/c1-2-5-15-11-7-12(17-9-16-11)18-6-3-4-10(8-18)13(14)19/h7,9-10H,2-6,8H2,1H3,(H2,14,19)(H,15,16,17). The summed E-state index contributed by atoms with van der Waals surface area (Å²) < 4.78 is 0. The Labute approximate surface area is 113 Å². The fraction of sp³-hybridized carbons (Fsp3) is 0.615. The monoisotopic (exact) mass is 263 g/mol. The van der Waals surface area contributed by atoms with Crippen LogP contribution in [0.3, 0.4) is 0 Å². The molecule has 2 rings (SSSR count). The molecular formula is C13H21N5O. The SMILES string of the molecule is CCCNc1cc(N2CCCC(C(N)=O)C2)ncn1. The van der Waals surface area contributed by atoms with Gasteiger partial charge in [-0.3, -0.25) is 4.79 Å². The molecule has 0 aromatic carbocycles. The van der Waals surface area contributed by atoms with Gasteiger partial charge >= 0.3 is 0 Å². The van der Waals surface area contributed by atoms with Crippen molar-refractivity contribution in [3.8, 4) is 0 Å². The second-order valence-corrected chi connectivity index (χ2v) is 4.88. The molecule has 6 heteroatoms. The van der Waals surface area contributed by atoms with E-state index in [9.17, 15) is 4.79 Å². The molecule has 1 aromatic rings. The van der Waals surface area contributed by atoms with Crippen molar-refractivity contribution >= 4 is 17.5 Å². The van der Waals surface area contributed by atoms with E-state index < -0.39 is 0 Å². The number of carbonyl (C=O) groups is 1. The predicted octanol–water partition coefficient (Wildman–Crippen LogP) is 1.00. The van der Waals surface area contributed by atoms with Crippen molar-refractivity contribution in [1.29, 1.82) is 0 Å². The lowest BCUT2D eigenvalue weighted by molar-refractivity contribution is -0.122. The van der Waals surface area contributed by atoms with E-state index in [0.717, 1.165) is 44.0 Å². The third-order valence-electron chi connectivity index (χ3n) is 3.36. The summed E-state index contributed by atoms with van der Waals surface area (Å²) >= 11 is 0. The number of carbonyl (C=O) groups excluding carboxylic acids is 1. The van der Waals surface area contributed by atoms with Gasteiger partial charge in [-0.2, -0.15) is 0 Å². The predicted molar refractivity (Wildman–Crippen MR) is 74.9 cm³/mol. The van der Waals surface area contributed by atoms with E-state index in [2.05, 4.69) is 27.1 Å². The summed E-state index contributed by atoms with van der Waals surface area (Å²) in [5.74, 6) is 1.39. The number of nitrogens with zero attached hydrogens (tertiary/aromatic N) is 3. The number of nitrogens with one attached hydrogen (secondary N) is 1. The second kappa shape index (κ2) is 6.36. The molecule has 1 saturated heterocycles. The zero-order valence-electron chi connectivity index (χ0n) is 11.3. The summed E-state index contributed by atoms with van der Waals surface area (Å²) in [6, 6.07) is 1.93. The maximum Gasteiger partial charge on any atom is 0.222 e. The summed E-state index contributed by atoms with van der Waals surface area (Å²) in [5.41, 5.74) is 5.39. The highest BCUT2D eigenvalue weighted by molar-refractivity contribution is 5.77. The van der Waals surface area contributed by atoms with Crippen molar-refractivity contribution in [3.63, 3.8) is 0 Å². The molecule has 1 amide bonds.